The van der Waals surface area contributed by atoms with Crippen LogP contribution in [-0.2, 0) is 9.53 Å². The fourth-order valence-corrected chi connectivity index (χ4v) is 4.68. The zero-order chi connectivity index (χ0) is 20.8. The summed E-state index contributed by atoms with van der Waals surface area (Å²) in [5.74, 6) is -1.68. The molecule has 3 amide bonds. The fraction of sp³-hybridized carbons (Fsp3) is 0.500. The van der Waals surface area contributed by atoms with Gasteiger partial charge in [0.15, 0.2) is 0 Å². The van der Waals surface area contributed by atoms with Crippen molar-refractivity contribution < 1.29 is 18.7 Å². The zero-order valence-electron chi connectivity index (χ0n) is 16.2. The van der Waals surface area contributed by atoms with E-state index in [2.05, 4.69) is 12.2 Å². The summed E-state index contributed by atoms with van der Waals surface area (Å²) < 4.78 is 19.0. The summed E-state index contributed by atoms with van der Waals surface area (Å²) >= 11 is 6.59. The molecule has 156 valence electrons. The third-order valence-corrected chi connectivity index (χ3v) is 6.31. The summed E-state index contributed by atoms with van der Waals surface area (Å²) in [6, 6.07) is 5.40. The van der Waals surface area contributed by atoms with Crippen LogP contribution in [0.1, 0.15) is 12.5 Å². The van der Waals surface area contributed by atoms with Crippen LogP contribution in [0.3, 0.4) is 0 Å². The van der Waals surface area contributed by atoms with Crippen molar-refractivity contribution in [2.45, 2.75) is 13.0 Å². The molecule has 0 aliphatic carbocycles. The van der Waals surface area contributed by atoms with Crippen molar-refractivity contribution in [2.24, 2.45) is 17.1 Å². The highest BCUT2D eigenvalue weighted by molar-refractivity contribution is 6.33. The molecule has 0 saturated carbocycles. The number of benzene rings is 1. The number of amides is 3. The van der Waals surface area contributed by atoms with Gasteiger partial charge in [0.05, 0.1) is 25.2 Å². The maximum atomic E-state index is 13.8. The minimum absolute atomic E-state index is 0.0317. The number of carbonyl (C=O) groups is 2. The monoisotopic (exact) mass is 422 g/mol. The van der Waals surface area contributed by atoms with E-state index < -0.39 is 17.6 Å². The van der Waals surface area contributed by atoms with Crippen molar-refractivity contribution in [2.75, 3.05) is 39.4 Å². The van der Waals surface area contributed by atoms with Gasteiger partial charge in [-0.05, 0) is 17.7 Å². The van der Waals surface area contributed by atoms with E-state index >= 15 is 0 Å². The molecule has 0 radical (unpaired) electrons. The molecule has 29 heavy (non-hydrogen) atoms. The van der Waals surface area contributed by atoms with Gasteiger partial charge in [-0.1, -0.05) is 30.7 Å². The maximum absolute atomic E-state index is 13.8. The van der Waals surface area contributed by atoms with Crippen molar-refractivity contribution in [1.82, 2.24) is 15.1 Å². The van der Waals surface area contributed by atoms with Crippen LogP contribution in [0.15, 0.2) is 29.4 Å². The number of rotatable bonds is 4. The van der Waals surface area contributed by atoms with E-state index in [4.69, 9.17) is 22.1 Å². The molecule has 3 heterocycles. The lowest BCUT2D eigenvalue weighted by molar-refractivity contribution is -0.121. The molecule has 0 aromatic heterocycles. The van der Waals surface area contributed by atoms with Crippen molar-refractivity contribution in [3.8, 4) is 0 Å². The normalized spacial score (nSPS) is 25.5. The van der Waals surface area contributed by atoms with Gasteiger partial charge in [0.25, 0.3) is 0 Å². The lowest BCUT2D eigenvalue weighted by Crippen LogP contribution is -2.59. The van der Waals surface area contributed by atoms with Crippen LogP contribution in [0.4, 0.5) is 9.18 Å². The number of piperazine rings is 1. The first kappa shape index (κ1) is 20.0. The summed E-state index contributed by atoms with van der Waals surface area (Å²) in [5.41, 5.74) is 6.73. The van der Waals surface area contributed by atoms with E-state index in [0.717, 1.165) is 0 Å². The van der Waals surface area contributed by atoms with E-state index in [1.165, 1.54) is 12.1 Å². The van der Waals surface area contributed by atoms with Crippen molar-refractivity contribution >= 4 is 29.1 Å². The molecule has 3 N–H and O–H groups in total. The Hall–Kier alpha value is -2.32. The second-order valence-electron chi connectivity index (χ2n) is 8.26. The van der Waals surface area contributed by atoms with E-state index in [1.54, 1.807) is 17.0 Å². The standard InChI is InChI=1S/C20H24ClFN4O3/c1-20(10-29-11-20)9-24-19(28)25-5-6-26-14(8-25)16(18(23)27)15(17(26)21)12-3-2-4-13(22)7-12/h2-4,7,14,16H,5-6,8-11H2,1H3,(H2,23,27)(H,24,28). The van der Waals surface area contributed by atoms with Gasteiger partial charge in [0, 0.05) is 37.2 Å². The highest BCUT2D eigenvalue weighted by atomic mass is 35.5. The number of hydrogen-bond acceptors (Lipinski definition) is 4. The number of halogens is 2. The van der Waals surface area contributed by atoms with Crippen molar-refractivity contribution in [3.63, 3.8) is 0 Å². The molecule has 1 aromatic rings. The first-order chi connectivity index (χ1) is 13.8. The topological polar surface area (TPSA) is 87.9 Å². The average molecular weight is 423 g/mol. The van der Waals surface area contributed by atoms with Crippen LogP contribution in [0.5, 0.6) is 0 Å². The molecular formula is C20H24ClFN4O3. The minimum atomic E-state index is -0.725. The molecule has 2 atom stereocenters. The van der Waals surface area contributed by atoms with Gasteiger partial charge < -0.3 is 25.6 Å². The average Bonchev–Trinajstić information content (AvgIpc) is 2.97. The molecule has 7 nitrogen and oxygen atoms in total. The molecule has 9 heteroatoms. The first-order valence-corrected chi connectivity index (χ1v) is 9.99. The fourth-order valence-electron chi connectivity index (χ4n) is 4.24. The van der Waals surface area contributed by atoms with Gasteiger partial charge in [-0.25, -0.2) is 9.18 Å². The Labute approximate surface area is 173 Å². The highest BCUT2D eigenvalue weighted by Crippen LogP contribution is 2.43. The van der Waals surface area contributed by atoms with E-state index in [1.807, 2.05) is 4.90 Å². The number of carbonyl (C=O) groups excluding carboxylic acids is 2. The number of nitrogens with one attached hydrogen (secondary N) is 1. The molecular weight excluding hydrogens is 399 g/mol. The van der Waals surface area contributed by atoms with Gasteiger partial charge in [0.2, 0.25) is 5.91 Å². The smallest absolute Gasteiger partial charge is 0.317 e. The number of primary amides is 1. The van der Waals surface area contributed by atoms with Crippen LogP contribution in [0.2, 0.25) is 0 Å². The Morgan fingerprint density at radius 3 is 2.76 bits per heavy atom. The van der Waals surface area contributed by atoms with Crippen LogP contribution in [0, 0.1) is 17.2 Å². The zero-order valence-corrected chi connectivity index (χ0v) is 16.9. The van der Waals surface area contributed by atoms with Gasteiger partial charge in [-0.2, -0.15) is 0 Å². The molecule has 3 aliphatic rings. The molecule has 3 aliphatic heterocycles. The molecule has 2 fully saturated rings. The Morgan fingerprint density at radius 2 is 2.14 bits per heavy atom. The summed E-state index contributed by atoms with van der Waals surface area (Å²) in [4.78, 5) is 28.6. The summed E-state index contributed by atoms with van der Waals surface area (Å²) in [5, 5.41) is 3.35. The van der Waals surface area contributed by atoms with Crippen LogP contribution in [0.25, 0.3) is 5.57 Å². The predicted molar refractivity (Wildman–Crippen MR) is 106 cm³/mol. The van der Waals surface area contributed by atoms with Crippen molar-refractivity contribution in [1.29, 1.82) is 0 Å². The third-order valence-electron chi connectivity index (χ3n) is 5.89. The van der Waals surface area contributed by atoms with Gasteiger partial charge in [-0.3, -0.25) is 4.79 Å². The SMILES string of the molecule is CC1(CNC(=O)N2CCN3C(Cl)=C(c4cccc(F)c4)C(C(N)=O)C3C2)COC1. The molecule has 4 rings (SSSR count). The summed E-state index contributed by atoms with van der Waals surface area (Å²) in [6.07, 6.45) is 0. The maximum Gasteiger partial charge on any atom is 0.317 e. The van der Waals surface area contributed by atoms with Crippen LogP contribution < -0.4 is 11.1 Å². The Kier molecular flexibility index (Phi) is 5.16. The number of nitrogens with zero attached hydrogens (tertiary/aromatic N) is 2. The van der Waals surface area contributed by atoms with E-state index in [-0.39, 0.29) is 17.5 Å². The van der Waals surface area contributed by atoms with Gasteiger partial charge in [-0.15, -0.1) is 0 Å². The summed E-state index contributed by atoms with van der Waals surface area (Å²) in [6.45, 7) is 5.09. The molecule has 2 unspecified atom stereocenters. The Bertz CT molecular complexity index is 873. The number of nitrogens with two attached hydrogens (primary N) is 1. The van der Waals surface area contributed by atoms with Crippen LogP contribution in [-0.4, -0.2) is 67.2 Å². The lowest BCUT2D eigenvalue weighted by atomic mass is 9.88. The number of ether oxygens (including phenoxy) is 1. The van der Waals surface area contributed by atoms with Gasteiger partial charge >= 0.3 is 6.03 Å². The Morgan fingerprint density at radius 1 is 1.38 bits per heavy atom. The molecule has 0 spiro atoms. The molecule has 0 bridgehead atoms. The Balaban J connectivity index is 1.52. The number of urea groups is 1. The van der Waals surface area contributed by atoms with Crippen molar-refractivity contribution in [3.05, 3.63) is 40.8 Å². The first-order valence-electron chi connectivity index (χ1n) is 9.61. The highest BCUT2D eigenvalue weighted by Gasteiger charge is 2.47. The minimum Gasteiger partial charge on any atom is -0.380 e. The van der Waals surface area contributed by atoms with E-state index in [9.17, 15) is 14.0 Å². The largest absolute Gasteiger partial charge is 0.380 e. The van der Waals surface area contributed by atoms with Gasteiger partial charge in [0.1, 0.15) is 11.0 Å². The second kappa shape index (κ2) is 7.50. The van der Waals surface area contributed by atoms with Crippen LogP contribution >= 0.6 is 11.6 Å². The molecule has 2 saturated heterocycles. The third kappa shape index (κ3) is 3.67. The predicted octanol–water partition coefficient (Wildman–Crippen LogP) is 1.58. The second-order valence-corrected chi connectivity index (χ2v) is 8.62. The lowest BCUT2D eigenvalue weighted by Gasteiger charge is -2.42. The number of fused-ring (bicyclic) bond motifs is 1. The summed E-state index contributed by atoms with van der Waals surface area (Å²) in [7, 11) is 0. The molecule has 1 aromatic carbocycles. The number of hydrogen-bond donors (Lipinski definition) is 2. The quantitative estimate of drug-likeness (QED) is 0.721. The van der Waals surface area contributed by atoms with E-state index in [0.29, 0.717) is 55.7 Å².